The lowest BCUT2D eigenvalue weighted by Crippen LogP contribution is -2.16. The lowest BCUT2D eigenvalue weighted by molar-refractivity contribution is 0.0955. The molecule has 0 aliphatic carbocycles. The van der Waals surface area contributed by atoms with Crippen molar-refractivity contribution in [1.29, 1.82) is 0 Å². The molecule has 0 aliphatic rings. The number of carbonyl (C=O) groups is 1. The zero-order valence-electron chi connectivity index (χ0n) is 12.7. The molecule has 3 heterocycles. The smallest absolute Gasteiger partial charge is 0.272 e. The Kier molecular flexibility index (Phi) is 4.29. The number of thiophene rings is 1. The second kappa shape index (κ2) is 6.53. The fourth-order valence-electron chi connectivity index (χ4n) is 2.30. The first kappa shape index (κ1) is 15.1. The van der Waals surface area contributed by atoms with Crippen molar-refractivity contribution in [2.75, 3.05) is 0 Å². The van der Waals surface area contributed by atoms with E-state index >= 15 is 0 Å². The van der Waals surface area contributed by atoms with Gasteiger partial charge in [-0.05, 0) is 31.4 Å². The van der Waals surface area contributed by atoms with Gasteiger partial charge in [0, 0.05) is 34.7 Å². The van der Waals surface area contributed by atoms with E-state index in [2.05, 4.69) is 20.5 Å². The first-order chi connectivity index (χ1) is 11.2. The molecule has 0 saturated heterocycles. The maximum atomic E-state index is 11.8. The van der Waals surface area contributed by atoms with Crippen molar-refractivity contribution in [2.45, 2.75) is 13.8 Å². The zero-order chi connectivity index (χ0) is 16.2. The lowest BCUT2D eigenvalue weighted by atomic mass is 10.3. The Morgan fingerprint density at radius 1 is 1.39 bits per heavy atom. The van der Waals surface area contributed by atoms with Crippen molar-refractivity contribution in [3.8, 4) is 5.82 Å². The molecule has 7 heteroatoms. The zero-order valence-corrected chi connectivity index (χ0v) is 13.5. The van der Waals surface area contributed by atoms with E-state index < -0.39 is 0 Å². The number of hydrogen-bond donors (Lipinski definition) is 1. The van der Waals surface area contributed by atoms with Crippen molar-refractivity contribution in [1.82, 2.24) is 20.0 Å². The third kappa shape index (κ3) is 3.19. The standard InChI is InChI=1S/C16H15N5OS/c1-11-7-14(8-19-20-16(22)13-3-6-23-10-13)12(2)21(11)15-9-17-4-5-18-15/h3-10H,1-2H3,(H,20,22)/b19-8-. The SMILES string of the molecule is Cc1cc(/C=N\NC(=O)c2ccsc2)c(C)n1-c1cnccn1. The van der Waals surface area contributed by atoms with Crippen LogP contribution in [-0.2, 0) is 0 Å². The minimum atomic E-state index is -0.217. The molecule has 3 aromatic heterocycles. The largest absolute Gasteiger partial charge is 0.301 e. The van der Waals surface area contributed by atoms with Crippen LogP contribution < -0.4 is 5.43 Å². The monoisotopic (exact) mass is 325 g/mol. The molecule has 6 nitrogen and oxygen atoms in total. The molecule has 0 atom stereocenters. The van der Waals surface area contributed by atoms with Crippen LogP contribution in [0.15, 0.2) is 46.6 Å². The number of nitrogens with zero attached hydrogens (tertiary/aromatic N) is 4. The minimum absolute atomic E-state index is 0.217. The highest BCUT2D eigenvalue weighted by atomic mass is 32.1. The van der Waals surface area contributed by atoms with Crippen LogP contribution in [-0.4, -0.2) is 26.7 Å². The van der Waals surface area contributed by atoms with E-state index in [1.807, 2.05) is 29.9 Å². The summed E-state index contributed by atoms with van der Waals surface area (Å²) in [5.41, 5.74) is 6.06. The Balaban J connectivity index is 1.79. The van der Waals surface area contributed by atoms with Crippen LogP contribution in [0.25, 0.3) is 5.82 Å². The van der Waals surface area contributed by atoms with Gasteiger partial charge < -0.3 is 4.57 Å². The summed E-state index contributed by atoms with van der Waals surface area (Å²) in [5.74, 6) is 0.537. The Labute approximate surface area is 137 Å². The summed E-state index contributed by atoms with van der Waals surface area (Å²) in [6, 6.07) is 3.75. The van der Waals surface area contributed by atoms with Gasteiger partial charge in [-0.15, -0.1) is 0 Å². The normalized spacial score (nSPS) is 11.0. The quantitative estimate of drug-likeness (QED) is 0.592. The van der Waals surface area contributed by atoms with E-state index in [9.17, 15) is 4.79 Å². The number of rotatable bonds is 4. The van der Waals surface area contributed by atoms with Crippen molar-refractivity contribution < 1.29 is 4.79 Å². The first-order valence-corrected chi connectivity index (χ1v) is 7.92. The Morgan fingerprint density at radius 2 is 2.26 bits per heavy atom. The van der Waals surface area contributed by atoms with Gasteiger partial charge in [-0.1, -0.05) is 0 Å². The van der Waals surface area contributed by atoms with Gasteiger partial charge in [0.25, 0.3) is 5.91 Å². The van der Waals surface area contributed by atoms with Gasteiger partial charge in [0.15, 0.2) is 5.82 Å². The van der Waals surface area contributed by atoms with E-state index in [1.54, 1.807) is 36.3 Å². The van der Waals surface area contributed by atoms with Crippen LogP contribution in [0.1, 0.15) is 27.3 Å². The number of aryl methyl sites for hydroxylation is 1. The second-order valence-electron chi connectivity index (χ2n) is 4.94. The molecular formula is C16H15N5OS. The predicted molar refractivity (Wildman–Crippen MR) is 90.2 cm³/mol. The van der Waals surface area contributed by atoms with Crippen molar-refractivity contribution in [3.63, 3.8) is 0 Å². The summed E-state index contributed by atoms with van der Waals surface area (Å²) in [4.78, 5) is 20.2. The molecule has 0 spiro atoms. The third-order valence-corrected chi connectivity index (χ3v) is 4.09. The molecule has 116 valence electrons. The van der Waals surface area contributed by atoms with Crippen LogP contribution >= 0.6 is 11.3 Å². The van der Waals surface area contributed by atoms with Crippen LogP contribution in [0.4, 0.5) is 0 Å². The average Bonchev–Trinajstić information content (AvgIpc) is 3.17. The van der Waals surface area contributed by atoms with Crippen LogP contribution in [0.2, 0.25) is 0 Å². The molecule has 0 aromatic carbocycles. The number of nitrogens with one attached hydrogen (secondary N) is 1. The fraction of sp³-hybridized carbons (Fsp3) is 0.125. The van der Waals surface area contributed by atoms with E-state index in [1.165, 1.54) is 11.3 Å². The van der Waals surface area contributed by atoms with Gasteiger partial charge in [0.2, 0.25) is 0 Å². The van der Waals surface area contributed by atoms with E-state index in [0.29, 0.717) is 5.56 Å². The number of hydrogen-bond acceptors (Lipinski definition) is 5. The Hall–Kier alpha value is -2.80. The maximum Gasteiger partial charge on any atom is 0.272 e. The van der Waals surface area contributed by atoms with Crippen LogP contribution in [0, 0.1) is 13.8 Å². The van der Waals surface area contributed by atoms with Crippen molar-refractivity contribution >= 4 is 23.5 Å². The van der Waals surface area contributed by atoms with Gasteiger partial charge >= 0.3 is 0 Å². The predicted octanol–water partition coefficient (Wildman–Crippen LogP) is 2.71. The van der Waals surface area contributed by atoms with Crippen LogP contribution in [0.5, 0.6) is 0 Å². The second-order valence-corrected chi connectivity index (χ2v) is 5.72. The Morgan fingerprint density at radius 3 is 2.96 bits per heavy atom. The van der Waals surface area contributed by atoms with E-state index in [0.717, 1.165) is 22.8 Å². The maximum absolute atomic E-state index is 11.8. The summed E-state index contributed by atoms with van der Waals surface area (Å²) >= 11 is 1.47. The lowest BCUT2D eigenvalue weighted by Gasteiger charge is -2.07. The molecule has 23 heavy (non-hydrogen) atoms. The molecule has 0 fully saturated rings. The highest BCUT2D eigenvalue weighted by molar-refractivity contribution is 7.08. The number of carbonyl (C=O) groups excluding carboxylic acids is 1. The van der Waals surface area contributed by atoms with Gasteiger partial charge in [0.1, 0.15) is 0 Å². The van der Waals surface area contributed by atoms with Gasteiger partial charge in [-0.25, -0.2) is 10.4 Å². The van der Waals surface area contributed by atoms with Gasteiger partial charge in [0.05, 0.1) is 18.0 Å². The van der Waals surface area contributed by atoms with Crippen molar-refractivity contribution in [2.24, 2.45) is 5.10 Å². The summed E-state index contributed by atoms with van der Waals surface area (Å²) in [6.45, 7) is 3.96. The molecule has 3 rings (SSSR count). The molecule has 1 amide bonds. The summed E-state index contributed by atoms with van der Waals surface area (Å²) < 4.78 is 2.00. The summed E-state index contributed by atoms with van der Waals surface area (Å²) in [5, 5.41) is 7.67. The highest BCUT2D eigenvalue weighted by Gasteiger charge is 2.10. The minimum Gasteiger partial charge on any atom is -0.301 e. The van der Waals surface area contributed by atoms with Crippen molar-refractivity contribution in [3.05, 3.63) is 64.0 Å². The summed E-state index contributed by atoms with van der Waals surface area (Å²) in [7, 11) is 0. The summed E-state index contributed by atoms with van der Waals surface area (Å²) in [6.07, 6.45) is 6.64. The molecule has 0 unspecified atom stereocenters. The Bertz CT molecular complexity index is 837. The molecule has 0 aliphatic heterocycles. The molecule has 0 bridgehead atoms. The molecular weight excluding hydrogens is 310 g/mol. The number of hydrazone groups is 1. The highest BCUT2D eigenvalue weighted by Crippen LogP contribution is 2.17. The molecule has 0 saturated carbocycles. The fourth-order valence-corrected chi connectivity index (χ4v) is 2.93. The van der Waals surface area contributed by atoms with E-state index in [4.69, 9.17) is 0 Å². The van der Waals surface area contributed by atoms with E-state index in [-0.39, 0.29) is 5.91 Å². The number of amides is 1. The van der Waals surface area contributed by atoms with Crippen LogP contribution in [0.3, 0.4) is 0 Å². The molecule has 0 radical (unpaired) electrons. The average molecular weight is 325 g/mol. The first-order valence-electron chi connectivity index (χ1n) is 6.98. The third-order valence-electron chi connectivity index (χ3n) is 3.40. The van der Waals surface area contributed by atoms with Gasteiger partial charge in [-0.3, -0.25) is 9.78 Å². The number of aromatic nitrogens is 3. The topological polar surface area (TPSA) is 72.2 Å². The molecule has 1 N–H and O–H groups in total. The molecule has 3 aromatic rings. The van der Waals surface area contributed by atoms with Gasteiger partial charge in [-0.2, -0.15) is 16.4 Å².